The monoisotopic (exact) mass is 195 g/mol. The summed E-state index contributed by atoms with van der Waals surface area (Å²) in [7, 11) is 0. The van der Waals surface area contributed by atoms with Crippen molar-refractivity contribution in [3.8, 4) is 0 Å². The summed E-state index contributed by atoms with van der Waals surface area (Å²) in [6, 6.07) is 0. The van der Waals surface area contributed by atoms with E-state index in [2.05, 4.69) is 18.7 Å². The predicted octanol–water partition coefficient (Wildman–Crippen LogP) is 2.44. The molecule has 1 amide bonds. The highest BCUT2D eigenvalue weighted by Gasteiger charge is 2.41. The van der Waals surface area contributed by atoms with Crippen LogP contribution in [0.1, 0.15) is 46.0 Å². The van der Waals surface area contributed by atoms with Crippen LogP contribution in [0.3, 0.4) is 0 Å². The van der Waals surface area contributed by atoms with Gasteiger partial charge in [0.25, 0.3) is 0 Å². The van der Waals surface area contributed by atoms with Crippen molar-refractivity contribution in [1.82, 2.24) is 4.90 Å². The SMILES string of the molecule is CC1(C)CCCC1C(=O)N1CCCC1. The fraction of sp³-hybridized carbons (Fsp3) is 0.917. The number of hydrogen-bond donors (Lipinski definition) is 0. The van der Waals surface area contributed by atoms with E-state index >= 15 is 0 Å². The van der Waals surface area contributed by atoms with Crippen LogP contribution in [0.25, 0.3) is 0 Å². The smallest absolute Gasteiger partial charge is 0.226 e. The van der Waals surface area contributed by atoms with Gasteiger partial charge >= 0.3 is 0 Å². The molecule has 0 aromatic rings. The Kier molecular flexibility index (Phi) is 2.54. The molecule has 2 nitrogen and oxygen atoms in total. The standard InChI is InChI=1S/C12H21NO/c1-12(2)7-5-6-10(12)11(14)13-8-3-4-9-13/h10H,3-9H2,1-2H3. The van der Waals surface area contributed by atoms with Crippen LogP contribution in [-0.2, 0) is 4.79 Å². The number of rotatable bonds is 1. The molecule has 1 unspecified atom stereocenters. The van der Waals surface area contributed by atoms with Gasteiger partial charge in [-0.15, -0.1) is 0 Å². The van der Waals surface area contributed by atoms with Crippen molar-refractivity contribution >= 4 is 5.91 Å². The summed E-state index contributed by atoms with van der Waals surface area (Å²) < 4.78 is 0. The summed E-state index contributed by atoms with van der Waals surface area (Å²) in [6.45, 7) is 6.51. The van der Waals surface area contributed by atoms with Gasteiger partial charge < -0.3 is 4.90 Å². The second kappa shape index (κ2) is 3.56. The Hall–Kier alpha value is -0.530. The second-order valence-electron chi connectivity index (χ2n) is 5.47. The minimum Gasteiger partial charge on any atom is -0.342 e. The van der Waals surface area contributed by atoms with Crippen LogP contribution in [0, 0.1) is 11.3 Å². The van der Waals surface area contributed by atoms with Gasteiger partial charge in [0.05, 0.1) is 0 Å². The quantitative estimate of drug-likeness (QED) is 0.629. The third-order valence-corrected chi connectivity index (χ3v) is 3.97. The van der Waals surface area contributed by atoms with E-state index in [-0.39, 0.29) is 5.41 Å². The molecule has 0 spiro atoms. The number of nitrogens with zero attached hydrogens (tertiary/aromatic N) is 1. The Bertz CT molecular complexity index is 228. The molecule has 0 aromatic heterocycles. The highest BCUT2D eigenvalue weighted by molar-refractivity contribution is 5.80. The fourth-order valence-electron chi connectivity index (χ4n) is 2.94. The lowest BCUT2D eigenvalue weighted by molar-refractivity contribution is -0.137. The molecular formula is C12H21NO. The molecule has 2 heteroatoms. The van der Waals surface area contributed by atoms with Crippen molar-refractivity contribution < 1.29 is 4.79 Å². The summed E-state index contributed by atoms with van der Waals surface area (Å²) in [5.74, 6) is 0.741. The van der Waals surface area contributed by atoms with Gasteiger partial charge in [-0.3, -0.25) is 4.79 Å². The average molecular weight is 195 g/mol. The first kappa shape index (κ1) is 10.0. The van der Waals surface area contributed by atoms with Crippen LogP contribution in [0.5, 0.6) is 0 Å². The first-order valence-corrected chi connectivity index (χ1v) is 5.90. The molecule has 2 rings (SSSR count). The molecule has 1 saturated heterocycles. The first-order chi connectivity index (χ1) is 6.61. The Morgan fingerprint density at radius 1 is 1.21 bits per heavy atom. The van der Waals surface area contributed by atoms with Crippen molar-refractivity contribution in [2.75, 3.05) is 13.1 Å². The van der Waals surface area contributed by atoms with Crippen LogP contribution in [0.2, 0.25) is 0 Å². The number of carbonyl (C=O) groups excluding carboxylic acids is 1. The van der Waals surface area contributed by atoms with E-state index in [9.17, 15) is 4.79 Å². The number of carbonyl (C=O) groups is 1. The lowest BCUT2D eigenvalue weighted by Crippen LogP contribution is -2.38. The largest absolute Gasteiger partial charge is 0.342 e. The van der Waals surface area contributed by atoms with E-state index in [0.717, 1.165) is 19.5 Å². The highest BCUT2D eigenvalue weighted by atomic mass is 16.2. The molecule has 1 saturated carbocycles. The molecular weight excluding hydrogens is 174 g/mol. The second-order valence-corrected chi connectivity index (χ2v) is 5.47. The van der Waals surface area contributed by atoms with Gasteiger partial charge in [0.2, 0.25) is 5.91 Å². The molecule has 2 fully saturated rings. The summed E-state index contributed by atoms with van der Waals surface area (Å²) in [6.07, 6.45) is 5.98. The van der Waals surface area contributed by atoms with E-state index in [1.165, 1.54) is 25.7 Å². The predicted molar refractivity (Wildman–Crippen MR) is 56.9 cm³/mol. The van der Waals surface area contributed by atoms with Gasteiger partial charge in [0, 0.05) is 19.0 Å². The van der Waals surface area contributed by atoms with Crippen molar-refractivity contribution in [3.63, 3.8) is 0 Å². The fourth-order valence-corrected chi connectivity index (χ4v) is 2.94. The molecule has 0 N–H and O–H groups in total. The molecule has 0 aromatic carbocycles. The lowest BCUT2D eigenvalue weighted by atomic mass is 9.81. The Morgan fingerprint density at radius 2 is 1.86 bits per heavy atom. The zero-order valence-electron chi connectivity index (χ0n) is 9.38. The zero-order valence-corrected chi connectivity index (χ0v) is 9.38. The van der Waals surface area contributed by atoms with Gasteiger partial charge in [-0.25, -0.2) is 0 Å². The lowest BCUT2D eigenvalue weighted by Gasteiger charge is -2.29. The molecule has 80 valence electrons. The van der Waals surface area contributed by atoms with Crippen LogP contribution in [0.4, 0.5) is 0 Å². The normalized spacial score (nSPS) is 31.0. The maximum absolute atomic E-state index is 12.2. The minimum absolute atomic E-state index is 0.250. The topological polar surface area (TPSA) is 20.3 Å². The minimum atomic E-state index is 0.250. The Balaban J connectivity index is 2.03. The molecule has 2 aliphatic rings. The molecule has 1 heterocycles. The molecule has 0 radical (unpaired) electrons. The van der Waals surface area contributed by atoms with Gasteiger partial charge in [-0.2, -0.15) is 0 Å². The number of amides is 1. The van der Waals surface area contributed by atoms with Crippen LogP contribution >= 0.6 is 0 Å². The van der Waals surface area contributed by atoms with Crippen molar-refractivity contribution in [2.45, 2.75) is 46.0 Å². The van der Waals surface area contributed by atoms with E-state index < -0.39 is 0 Å². The maximum atomic E-state index is 12.2. The Morgan fingerprint density at radius 3 is 2.36 bits per heavy atom. The van der Waals surface area contributed by atoms with Gasteiger partial charge in [-0.05, 0) is 31.1 Å². The molecule has 1 atom stereocenters. The Labute approximate surface area is 86.7 Å². The van der Waals surface area contributed by atoms with Gasteiger partial charge in [0.15, 0.2) is 0 Å². The third-order valence-electron chi connectivity index (χ3n) is 3.97. The van der Waals surface area contributed by atoms with E-state index in [1.807, 2.05) is 0 Å². The first-order valence-electron chi connectivity index (χ1n) is 5.90. The van der Waals surface area contributed by atoms with E-state index in [4.69, 9.17) is 0 Å². The van der Waals surface area contributed by atoms with Gasteiger partial charge in [0.1, 0.15) is 0 Å². The summed E-state index contributed by atoms with van der Waals surface area (Å²) in [5, 5.41) is 0. The molecule has 14 heavy (non-hydrogen) atoms. The summed E-state index contributed by atoms with van der Waals surface area (Å²) >= 11 is 0. The van der Waals surface area contributed by atoms with E-state index in [0.29, 0.717) is 11.8 Å². The van der Waals surface area contributed by atoms with Crippen LogP contribution in [0.15, 0.2) is 0 Å². The number of hydrogen-bond acceptors (Lipinski definition) is 1. The summed E-state index contributed by atoms with van der Waals surface area (Å²) in [5.41, 5.74) is 0.250. The van der Waals surface area contributed by atoms with Crippen molar-refractivity contribution in [3.05, 3.63) is 0 Å². The van der Waals surface area contributed by atoms with Gasteiger partial charge in [-0.1, -0.05) is 20.3 Å². The number of likely N-dealkylation sites (tertiary alicyclic amines) is 1. The molecule has 1 aliphatic heterocycles. The van der Waals surface area contributed by atoms with Crippen molar-refractivity contribution in [1.29, 1.82) is 0 Å². The van der Waals surface area contributed by atoms with Crippen LogP contribution in [-0.4, -0.2) is 23.9 Å². The van der Waals surface area contributed by atoms with E-state index in [1.54, 1.807) is 0 Å². The third kappa shape index (κ3) is 1.67. The summed E-state index contributed by atoms with van der Waals surface area (Å²) in [4.78, 5) is 14.3. The average Bonchev–Trinajstić information content (AvgIpc) is 2.71. The highest BCUT2D eigenvalue weighted by Crippen LogP contribution is 2.43. The van der Waals surface area contributed by atoms with Crippen molar-refractivity contribution in [2.24, 2.45) is 11.3 Å². The molecule has 0 bridgehead atoms. The molecule has 1 aliphatic carbocycles. The van der Waals surface area contributed by atoms with Crippen LogP contribution < -0.4 is 0 Å². The zero-order chi connectivity index (χ0) is 10.2. The maximum Gasteiger partial charge on any atom is 0.226 e.